The van der Waals surface area contributed by atoms with Gasteiger partial charge >= 0.3 is 0 Å². The van der Waals surface area contributed by atoms with Gasteiger partial charge in [0.1, 0.15) is 0 Å². The molecule has 1 saturated carbocycles. The van der Waals surface area contributed by atoms with Crippen LogP contribution in [0.3, 0.4) is 0 Å². The van der Waals surface area contributed by atoms with Crippen molar-refractivity contribution in [2.75, 3.05) is 6.54 Å². The van der Waals surface area contributed by atoms with Crippen LogP contribution >= 0.6 is 0 Å². The van der Waals surface area contributed by atoms with Crippen molar-refractivity contribution in [3.8, 4) is 0 Å². The Morgan fingerprint density at radius 2 is 2.11 bits per heavy atom. The smallest absolute Gasteiger partial charge is 0.0300 e. The maximum Gasteiger partial charge on any atom is 0.0300 e. The lowest BCUT2D eigenvalue weighted by molar-refractivity contribution is 0.145. The number of nitrogens with one attached hydrogen (secondary N) is 1. The Balaban J connectivity index is 2.07. The third kappa shape index (κ3) is 3.32. The van der Waals surface area contributed by atoms with Crippen molar-refractivity contribution < 1.29 is 0 Å². The van der Waals surface area contributed by atoms with E-state index in [1.54, 1.807) is 0 Å². The molecule has 0 aromatic carbocycles. The monoisotopic (exact) mass is 246 g/mol. The Labute approximate surface area is 111 Å². The van der Waals surface area contributed by atoms with Gasteiger partial charge in [0, 0.05) is 18.4 Å². The Bertz CT molecular complexity index is 341. The Kier molecular flexibility index (Phi) is 4.76. The summed E-state index contributed by atoms with van der Waals surface area (Å²) >= 11 is 0. The summed E-state index contributed by atoms with van der Waals surface area (Å²) in [6.45, 7) is 5.73. The molecule has 0 spiro atoms. The van der Waals surface area contributed by atoms with Crippen molar-refractivity contribution in [2.45, 2.75) is 58.4 Å². The zero-order valence-electron chi connectivity index (χ0n) is 11.8. The molecule has 2 rings (SSSR count). The van der Waals surface area contributed by atoms with Gasteiger partial charge in [-0.2, -0.15) is 0 Å². The molecule has 1 aliphatic carbocycles. The fourth-order valence-corrected chi connectivity index (χ4v) is 3.27. The molecule has 1 aromatic heterocycles. The first-order valence-electron chi connectivity index (χ1n) is 7.37. The highest BCUT2D eigenvalue weighted by Gasteiger charge is 2.34. The highest BCUT2D eigenvalue weighted by molar-refractivity contribution is 5.12. The Morgan fingerprint density at radius 1 is 1.33 bits per heavy atom. The van der Waals surface area contributed by atoms with Crippen LogP contribution in [0.25, 0.3) is 0 Å². The topological polar surface area (TPSA) is 24.9 Å². The maximum absolute atomic E-state index is 4.24. The second-order valence-corrected chi connectivity index (χ2v) is 5.89. The zero-order chi connectivity index (χ0) is 12.8. The molecule has 2 nitrogen and oxygen atoms in total. The van der Waals surface area contributed by atoms with E-state index in [-0.39, 0.29) is 0 Å². The lowest BCUT2D eigenvalue weighted by atomic mass is 9.69. The number of pyridine rings is 1. The molecule has 18 heavy (non-hydrogen) atoms. The van der Waals surface area contributed by atoms with Crippen molar-refractivity contribution in [1.82, 2.24) is 10.3 Å². The SMILES string of the molecule is CCNC(Cc1cccnc1)C1(C)CCCCC1. The van der Waals surface area contributed by atoms with E-state index in [9.17, 15) is 0 Å². The van der Waals surface area contributed by atoms with E-state index in [0.29, 0.717) is 11.5 Å². The first kappa shape index (κ1) is 13.5. The quantitative estimate of drug-likeness (QED) is 0.859. The van der Waals surface area contributed by atoms with Crippen LogP contribution in [0.15, 0.2) is 24.5 Å². The van der Waals surface area contributed by atoms with Crippen molar-refractivity contribution in [2.24, 2.45) is 5.41 Å². The molecule has 0 aliphatic heterocycles. The summed E-state index contributed by atoms with van der Waals surface area (Å²) in [6, 6.07) is 4.83. The van der Waals surface area contributed by atoms with E-state index in [0.717, 1.165) is 13.0 Å². The number of hydrogen-bond acceptors (Lipinski definition) is 2. The van der Waals surface area contributed by atoms with Crippen LogP contribution in [0.1, 0.15) is 51.5 Å². The molecule has 0 radical (unpaired) electrons. The molecule has 1 aromatic rings. The van der Waals surface area contributed by atoms with E-state index >= 15 is 0 Å². The van der Waals surface area contributed by atoms with E-state index in [4.69, 9.17) is 0 Å². The minimum Gasteiger partial charge on any atom is -0.313 e. The Hall–Kier alpha value is -0.890. The van der Waals surface area contributed by atoms with Gasteiger partial charge in [-0.25, -0.2) is 0 Å². The van der Waals surface area contributed by atoms with Gasteiger partial charge in [0.15, 0.2) is 0 Å². The van der Waals surface area contributed by atoms with Gasteiger partial charge in [-0.15, -0.1) is 0 Å². The van der Waals surface area contributed by atoms with Crippen LogP contribution in [-0.4, -0.2) is 17.6 Å². The minimum absolute atomic E-state index is 0.462. The maximum atomic E-state index is 4.24. The molecule has 0 saturated heterocycles. The number of likely N-dealkylation sites (N-methyl/N-ethyl adjacent to an activating group) is 1. The number of nitrogens with zero attached hydrogens (tertiary/aromatic N) is 1. The molecule has 1 N–H and O–H groups in total. The van der Waals surface area contributed by atoms with Crippen molar-refractivity contribution in [3.63, 3.8) is 0 Å². The number of rotatable bonds is 5. The summed E-state index contributed by atoms with van der Waals surface area (Å²) in [4.78, 5) is 4.24. The van der Waals surface area contributed by atoms with Crippen molar-refractivity contribution >= 4 is 0 Å². The minimum atomic E-state index is 0.462. The molecule has 1 unspecified atom stereocenters. The molecule has 1 heterocycles. The largest absolute Gasteiger partial charge is 0.313 e. The van der Waals surface area contributed by atoms with Crippen LogP contribution < -0.4 is 5.32 Å². The normalized spacial score (nSPS) is 20.6. The summed E-state index contributed by atoms with van der Waals surface area (Å²) in [5, 5.41) is 3.71. The zero-order valence-corrected chi connectivity index (χ0v) is 11.8. The highest BCUT2D eigenvalue weighted by atomic mass is 14.9. The van der Waals surface area contributed by atoms with E-state index in [1.165, 1.54) is 37.7 Å². The summed E-state index contributed by atoms with van der Waals surface area (Å²) in [5.41, 5.74) is 1.82. The lowest BCUT2D eigenvalue weighted by Gasteiger charge is -2.41. The summed E-state index contributed by atoms with van der Waals surface area (Å²) in [6.07, 6.45) is 11.9. The third-order valence-electron chi connectivity index (χ3n) is 4.45. The molecular weight excluding hydrogens is 220 g/mol. The van der Waals surface area contributed by atoms with Gasteiger partial charge in [0.05, 0.1) is 0 Å². The molecule has 0 bridgehead atoms. The van der Waals surface area contributed by atoms with Crippen molar-refractivity contribution in [1.29, 1.82) is 0 Å². The first-order valence-corrected chi connectivity index (χ1v) is 7.37. The summed E-state index contributed by atoms with van der Waals surface area (Å²) in [7, 11) is 0. The van der Waals surface area contributed by atoms with Crippen LogP contribution in [-0.2, 0) is 6.42 Å². The van der Waals surface area contributed by atoms with E-state index in [1.807, 2.05) is 18.5 Å². The molecule has 2 heteroatoms. The second-order valence-electron chi connectivity index (χ2n) is 5.89. The molecule has 1 atom stereocenters. The average molecular weight is 246 g/mol. The highest BCUT2D eigenvalue weighted by Crippen LogP contribution is 2.39. The molecule has 1 aliphatic rings. The molecule has 1 fully saturated rings. The van der Waals surface area contributed by atoms with Gasteiger partial charge in [-0.05, 0) is 42.9 Å². The lowest BCUT2D eigenvalue weighted by Crippen LogP contribution is -2.46. The molecule has 0 amide bonds. The van der Waals surface area contributed by atoms with E-state index < -0.39 is 0 Å². The van der Waals surface area contributed by atoms with Gasteiger partial charge in [-0.3, -0.25) is 4.98 Å². The number of hydrogen-bond donors (Lipinski definition) is 1. The van der Waals surface area contributed by atoms with Gasteiger partial charge in [-0.1, -0.05) is 39.2 Å². The fraction of sp³-hybridized carbons (Fsp3) is 0.688. The summed E-state index contributed by atoms with van der Waals surface area (Å²) in [5.74, 6) is 0. The van der Waals surface area contributed by atoms with Gasteiger partial charge < -0.3 is 5.32 Å². The Morgan fingerprint density at radius 3 is 2.72 bits per heavy atom. The average Bonchev–Trinajstić information content (AvgIpc) is 2.40. The standard InChI is InChI=1S/C16H26N2/c1-3-18-15(12-14-8-7-11-17-13-14)16(2)9-5-4-6-10-16/h7-8,11,13,15,18H,3-6,9-10,12H2,1-2H3. The van der Waals surface area contributed by atoms with Crippen LogP contribution in [0.4, 0.5) is 0 Å². The predicted octanol–water partition coefficient (Wildman–Crippen LogP) is 3.57. The first-order chi connectivity index (χ1) is 8.74. The number of aromatic nitrogens is 1. The molecular formula is C16H26N2. The summed E-state index contributed by atoms with van der Waals surface area (Å²) < 4.78 is 0. The van der Waals surface area contributed by atoms with Crippen LogP contribution in [0.2, 0.25) is 0 Å². The predicted molar refractivity (Wildman–Crippen MR) is 76.6 cm³/mol. The van der Waals surface area contributed by atoms with Crippen LogP contribution in [0, 0.1) is 5.41 Å². The van der Waals surface area contributed by atoms with Crippen molar-refractivity contribution in [3.05, 3.63) is 30.1 Å². The van der Waals surface area contributed by atoms with E-state index in [2.05, 4.69) is 30.2 Å². The second kappa shape index (κ2) is 6.33. The van der Waals surface area contributed by atoms with Gasteiger partial charge in [0.25, 0.3) is 0 Å². The van der Waals surface area contributed by atoms with Gasteiger partial charge in [0.2, 0.25) is 0 Å². The third-order valence-corrected chi connectivity index (χ3v) is 4.45. The van der Waals surface area contributed by atoms with Crippen LogP contribution in [0.5, 0.6) is 0 Å². The molecule has 100 valence electrons. The fourth-order valence-electron chi connectivity index (χ4n) is 3.27.